The molecule has 2 atom stereocenters. The first-order valence-electron chi connectivity index (χ1n) is 9.02. The summed E-state index contributed by atoms with van der Waals surface area (Å²) in [4.78, 5) is 46.9. The molecule has 1 amide bonds. The molecule has 0 radical (unpaired) electrons. The number of rotatable bonds is 5. The van der Waals surface area contributed by atoms with Crippen LogP contribution in [0, 0.1) is 0 Å². The van der Waals surface area contributed by atoms with E-state index >= 15 is 0 Å². The van der Waals surface area contributed by atoms with Gasteiger partial charge in [0.1, 0.15) is 11.9 Å². The van der Waals surface area contributed by atoms with Crippen LogP contribution in [0.3, 0.4) is 0 Å². The van der Waals surface area contributed by atoms with E-state index in [4.69, 9.17) is 9.47 Å². The first-order valence-corrected chi connectivity index (χ1v) is 10.1. The molecule has 9 nitrogen and oxygen atoms in total. The van der Waals surface area contributed by atoms with Gasteiger partial charge in [0.05, 0.1) is 20.8 Å². The van der Waals surface area contributed by atoms with Gasteiger partial charge >= 0.3 is 11.9 Å². The summed E-state index contributed by atoms with van der Waals surface area (Å²) in [5, 5.41) is -0.823. The van der Waals surface area contributed by atoms with Crippen molar-refractivity contribution in [2.45, 2.75) is 11.4 Å². The normalized spacial score (nSPS) is 22.8. The molecule has 10 heteroatoms. The second-order valence-electron chi connectivity index (χ2n) is 6.50. The van der Waals surface area contributed by atoms with Crippen LogP contribution in [0.25, 0.3) is 0 Å². The van der Waals surface area contributed by atoms with E-state index in [2.05, 4.69) is 9.88 Å². The van der Waals surface area contributed by atoms with Crippen LogP contribution in [0.15, 0.2) is 24.4 Å². The minimum Gasteiger partial charge on any atom is -0.467 e. The zero-order valence-electron chi connectivity index (χ0n) is 15.9. The molecule has 0 unspecified atom stereocenters. The average molecular weight is 408 g/mol. The van der Waals surface area contributed by atoms with Crippen LogP contribution >= 0.6 is 11.8 Å². The number of esters is 2. The van der Waals surface area contributed by atoms with E-state index in [1.165, 1.54) is 30.9 Å². The predicted octanol–water partition coefficient (Wildman–Crippen LogP) is -0.180. The number of hydrogen-bond acceptors (Lipinski definition) is 9. The Morgan fingerprint density at radius 3 is 2.43 bits per heavy atom. The Kier molecular flexibility index (Phi) is 6.74. The largest absolute Gasteiger partial charge is 0.467 e. The van der Waals surface area contributed by atoms with E-state index < -0.39 is 23.4 Å². The average Bonchev–Trinajstić information content (AvgIpc) is 3.19. The van der Waals surface area contributed by atoms with Crippen LogP contribution in [0.5, 0.6) is 0 Å². The predicted molar refractivity (Wildman–Crippen MR) is 104 cm³/mol. The van der Waals surface area contributed by atoms with E-state index in [-0.39, 0.29) is 12.5 Å². The molecule has 2 aliphatic rings. The molecule has 1 aromatic heterocycles. The lowest BCUT2D eigenvalue weighted by Gasteiger charge is -2.36. The molecule has 0 aliphatic carbocycles. The van der Waals surface area contributed by atoms with E-state index in [1.807, 2.05) is 23.1 Å². The highest BCUT2D eigenvalue weighted by molar-refractivity contribution is 8.00. The fraction of sp³-hybridized carbons (Fsp3) is 0.556. The van der Waals surface area contributed by atoms with Crippen LogP contribution in [-0.2, 0) is 23.9 Å². The number of anilines is 1. The summed E-state index contributed by atoms with van der Waals surface area (Å²) in [5.74, 6) is -0.106. The fourth-order valence-corrected chi connectivity index (χ4v) is 4.68. The third-order valence-corrected chi connectivity index (χ3v) is 6.11. The highest BCUT2D eigenvalue weighted by atomic mass is 32.2. The van der Waals surface area contributed by atoms with Gasteiger partial charge in [0.15, 0.2) is 5.37 Å². The first-order chi connectivity index (χ1) is 13.5. The summed E-state index contributed by atoms with van der Waals surface area (Å²) in [6.07, 6.45) is 1.76. The summed E-state index contributed by atoms with van der Waals surface area (Å²) in [7, 11) is 2.55. The van der Waals surface area contributed by atoms with Gasteiger partial charge in [0.2, 0.25) is 5.91 Å². The van der Waals surface area contributed by atoms with Crippen molar-refractivity contribution >= 4 is 35.4 Å². The summed E-state index contributed by atoms with van der Waals surface area (Å²) >= 11 is 1.22. The van der Waals surface area contributed by atoms with Crippen molar-refractivity contribution in [1.82, 2.24) is 14.8 Å². The summed E-state index contributed by atoms with van der Waals surface area (Å²) in [6, 6.07) is 5.01. The number of nitrogens with zero attached hydrogens (tertiary/aromatic N) is 4. The molecule has 28 heavy (non-hydrogen) atoms. The number of ether oxygens (including phenoxy) is 2. The smallest absolute Gasteiger partial charge is 0.339 e. The Hall–Kier alpha value is -2.33. The standard InChI is InChI=1S/C18H24N4O5S/c1-26-17(24)13-12-28-16(18(25)27-2)22(13)15(23)11-20-7-9-21(10-8-20)14-5-3-4-6-19-14/h3-6,13,16H,7-12H2,1-2H3/t13-,16+/m1/s1. The quantitative estimate of drug-likeness (QED) is 0.615. The van der Waals surface area contributed by atoms with Gasteiger partial charge in [-0.1, -0.05) is 6.07 Å². The van der Waals surface area contributed by atoms with Gasteiger partial charge in [-0.15, -0.1) is 11.8 Å². The second-order valence-corrected chi connectivity index (χ2v) is 7.61. The highest BCUT2D eigenvalue weighted by Crippen LogP contribution is 2.31. The third kappa shape index (κ3) is 4.39. The molecule has 0 spiro atoms. The molecule has 2 aliphatic heterocycles. The molecular weight excluding hydrogens is 384 g/mol. The number of methoxy groups -OCH3 is 2. The van der Waals surface area contributed by atoms with E-state index in [1.54, 1.807) is 6.20 Å². The van der Waals surface area contributed by atoms with Crippen molar-refractivity contribution in [2.75, 3.05) is 57.6 Å². The van der Waals surface area contributed by atoms with Crippen molar-refractivity contribution in [3.63, 3.8) is 0 Å². The Balaban J connectivity index is 1.62. The summed E-state index contributed by atoms with van der Waals surface area (Å²) in [5.41, 5.74) is 0. The molecule has 2 fully saturated rings. The Labute approximate surface area is 167 Å². The maximum absolute atomic E-state index is 13.0. The van der Waals surface area contributed by atoms with Gasteiger partial charge in [0, 0.05) is 38.1 Å². The number of carbonyl (C=O) groups excluding carboxylic acids is 3. The van der Waals surface area contributed by atoms with Crippen molar-refractivity contribution in [1.29, 1.82) is 0 Å². The minimum atomic E-state index is -0.823. The number of pyridine rings is 1. The van der Waals surface area contributed by atoms with Crippen LogP contribution < -0.4 is 4.90 Å². The van der Waals surface area contributed by atoms with Crippen LogP contribution in [0.1, 0.15) is 0 Å². The third-order valence-electron chi connectivity index (χ3n) is 4.87. The van der Waals surface area contributed by atoms with Crippen LogP contribution in [0.2, 0.25) is 0 Å². The summed E-state index contributed by atoms with van der Waals surface area (Å²) in [6.45, 7) is 3.02. The number of piperazine rings is 1. The van der Waals surface area contributed by atoms with Crippen LogP contribution in [0.4, 0.5) is 5.82 Å². The number of thioether (sulfide) groups is 1. The van der Waals surface area contributed by atoms with Crippen molar-refractivity contribution in [3.05, 3.63) is 24.4 Å². The van der Waals surface area contributed by atoms with Crippen molar-refractivity contribution < 1.29 is 23.9 Å². The number of aromatic nitrogens is 1. The number of amides is 1. The number of hydrogen-bond donors (Lipinski definition) is 0. The molecule has 152 valence electrons. The molecule has 2 saturated heterocycles. The van der Waals surface area contributed by atoms with Crippen molar-refractivity contribution in [2.24, 2.45) is 0 Å². The van der Waals surface area contributed by atoms with E-state index in [9.17, 15) is 14.4 Å². The minimum absolute atomic E-state index is 0.137. The summed E-state index contributed by atoms with van der Waals surface area (Å²) < 4.78 is 9.60. The lowest BCUT2D eigenvalue weighted by Crippen LogP contribution is -2.54. The highest BCUT2D eigenvalue weighted by Gasteiger charge is 2.46. The Morgan fingerprint density at radius 2 is 1.82 bits per heavy atom. The zero-order valence-corrected chi connectivity index (χ0v) is 16.8. The van der Waals surface area contributed by atoms with Gasteiger partial charge in [-0.05, 0) is 12.1 Å². The van der Waals surface area contributed by atoms with Gasteiger partial charge in [-0.3, -0.25) is 9.69 Å². The van der Waals surface area contributed by atoms with Gasteiger partial charge in [-0.25, -0.2) is 14.6 Å². The lowest BCUT2D eigenvalue weighted by molar-refractivity contribution is -0.157. The lowest BCUT2D eigenvalue weighted by atomic mass is 10.2. The van der Waals surface area contributed by atoms with Gasteiger partial charge < -0.3 is 19.3 Å². The second kappa shape index (κ2) is 9.24. The maximum Gasteiger partial charge on any atom is 0.339 e. The molecule has 0 bridgehead atoms. The zero-order chi connectivity index (χ0) is 20.1. The molecule has 3 rings (SSSR count). The molecule has 0 saturated carbocycles. The van der Waals surface area contributed by atoms with Crippen LogP contribution in [-0.4, -0.2) is 96.7 Å². The Morgan fingerprint density at radius 1 is 1.11 bits per heavy atom. The molecular formula is C18H24N4O5S. The van der Waals surface area contributed by atoms with E-state index in [0.29, 0.717) is 18.8 Å². The SMILES string of the molecule is COC(=O)[C@H]1CS[C@@H](C(=O)OC)N1C(=O)CN1CCN(c2ccccn2)CC1. The maximum atomic E-state index is 13.0. The monoisotopic (exact) mass is 408 g/mol. The van der Waals surface area contributed by atoms with Gasteiger partial charge in [0.25, 0.3) is 0 Å². The fourth-order valence-electron chi connectivity index (χ4n) is 3.36. The van der Waals surface area contributed by atoms with E-state index in [0.717, 1.165) is 18.9 Å². The van der Waals surface area contributed by atoms with Gasteiger partial charge in [-0.2, -0.15) is 0 Å². The van der Waals surface area contributed by atoms with Crippen molar-refractivity contribution in [3.8, 4) is 0 Å². The first kappa shape index (κ1) is 20.4. The molecule has 3 heterocycles. The topological polar surface area (TPSA) is 92.3 Å². The Bertz CT molecular complexity index is 687. The molecule has 0 N–H and O–H groups in total. The molecule has 1 aromatic rings. The number of carbonyl (C=O) groups is 3. The molecule has 0 aromatic carbocycles.